The summed E-state index contributed by atoms with van der Waals surface area (Å²) in [6.45, 7) is 10.9. The first-order chi connectivity index (χ1) is 11.4. The molecule has 2 aromatic carbocycles. The van der Waals surface area contributed by atoms with Gasteiger partial charge in [-0.25, -0.2) is 9.83 Å². The zero-order valence-electron chi connectivity index (χ0n) is 14.0. The van der Waals surface area contributed by atoms with Crippen LogP contribution < -0.4 is 5.73 Å². The predicted molar refractivity (Wildman–Crippen MR) is 95.8 cm³/mol. The Balaban J connectivity index is 1.98. The molecule has 1 heterocycles. The molecule has 122 valence electrons. The number of nitrogens with zero attached hydrogens (tertiary/aromatic N) is 2. The van der Waals surface area contributed by atoms with Crippen LogP contribution in [0.4, 0.5) is 5.69 Å². The fraction of sp³-hybridized carbons (Fsp3) is 0.263. The Hall–Kier alpha value is -2.68. The van der Waals surface area contributed by atoms with E-state index in [1.54, 1.807) is 7.11 Å². The third kappa shape index (κ3) is 2.90. The number of aromatic amines is 1. The van der Waals surface area contributed by atoms with Crippen LogP contribution >= 0.6 is 0 Å². The first-order valence-electron chi connectivity index (χ1n) is 7.73. The molecule has 0 saturated carbocycles. The molecular weight excluding hydrogens is 300 g/mol. The molecule has 24 heavy (non-hydrogen) atoms. The van der Waals surface area contributed by atoms with Crippen molar-refractivity contribution in [2.75, 3.05) is 7.11 Å². The monoisotopic (exact) mass is 320 g/mol. The van der Waals surface area contributed by atoms with Crippen molar-refractivity contribution in [3.05, 3.63) is 59.7 Å². The summed E-state index contributed by atoms with van der Waals surface area (Å²) in [7, 11) is 1.65. The van der Waals surface area contributed by atoms with Gasteiger partial charge in [0.25, 0.3) is 0 Å². The number of benzene rings is 2. The minimum atomic E-state index is -0.508. The number of nitrogens with two attached hydrogens (primary N) is 1. The van der Waals surface area contributed by atoms with E-state index in [2.05, 4.69) is 14.8 Å². The normalized spacial score (nSPS) is 13.0. The molecule has 3 rings (SSSR count). The number of hydrogen-bond acceptors (Lipinski definition) is 3. The van der Waals surface area contributed by atoms with Crippen LogP contribution in [0.1, 0.15) is 25.7 Å². The van der Waals surface area contributed by atoms with E-state index < -0.39 is 5.60 Å². The van der Waals surface area contributed by atoms with Crippen molar-refractivity contribution < 1.29 is 4.74 Å². The van der Waals surface area contributed by atoms with Gasteiger partial charge in [-0.15, -0.1) is 0 Å². The second-order valence-electron chi connectivity index (χ2n) is 6.30. The van der Waals surface area contributed by atoms with Gasteiger partial charge in [-0.05, 0) is 37.1 Å². The van der Waals surface area contributed by atoms with Crippen LogP contribution in [0.25, 0.3) is 27.0 Å². The Morgan fingerprint density at radius 3 is 2.46 bits per heavy atom. The smallest absolute Gasteiger partial charge is 0.187 e. The average Bonchev–Trinajstić information content (AvgIpc) is 3.04. The Morgan fingerprint density at radius 1 is 1.17 bits per heavy atom. The molecule has 1 atom stereocenters. The molecule has 5 nitrogen and oxygen atoms in total. The van der Waals surface area contributed by atoms with Crippen LogP contribution in [0.5, 0.6) is 0 Å². The number of aromatic nitrogens is 2. The quantitative estimate of drug-likeness (QED) is 0.708. The topological polar surface area (TPSA) is 68.3 Å². The molecular formula is C19H20N4O. The van der Waals surface area contributed by atoms with Crippen molar-refractivity contribution in [1.29, 1.82) is 0 Å². The molecule has 0 spiro atoms. The summed E-state index contributed by atoms with van der Waals surface area (Å²) in [4.78, 5) is 11.3. The highest BCUT2D eigenvalue weighted by atomic mass is 16.5. The maximum Gasteiger partial charge on any atom is 0.187 e. The third-order valence-corrected chi connectivity index (χ3v) is 4.40. The van der Waals surface area contributed by atoms with Crippen LogP contribution in [0.2, 0.25) is 0 Å². The Kier molecular flexibility index (Phi) is 4.10. The molecule has 1 unspecified atom stereocenters. The lowest BCUT2D eigenvalue weighted by atomic mass is 9.99. The number of nitrogens with one attached hydrogen (secondary N) is 1. The van der Waals surface area contributed by atoms with Crippen LogP contribution in [-0.2, 0) is 4.74 Å². The molecule has 1 aromatic heterocycles. The molecule has 0 amide bonds. The minimum absolute atomic E-state index is 0.351. The lowest BCUT2D eigenvalue weighted by Crippen LogP contribution is -2.37. The second kappa shape index (κ2) is 6.08. The van der Waals surface area contributed by atoms with Gasteiger partial charge in [0.2, 0.25) is 0 Å². The Bertz CT molecular complexity index is 903. The minimum Gasteiger partial charge on any atom is -0.377 e. The van der Waals surface area contributed by atoms with Gasteiger partial charge in [-0.1, -0.05) is 30.3 Å². The summed E-state index contributed by atoms with van der Waals surface area (Å²) < 4.78 is 5.46. The van der Waals surface area contributed by atoms with E-state index in [0.29, 0.717) is 11.5 Å². The number of imidazole rings is 1. The highest BCUT2D eigenvalue weighted by molar-refractivity contribution is 5.82. The zero-order valence-corrected chi connectivity index (χ0v) is 14.0. The molecule has 0 aliphatic carbocycles. The Labute approximate surface area is 141 Å². The van der Waals surface area contributed by atoms with Gasteiger partial charge in [0, 0.05) is 7.11 Å². The summed E-state index contributed by atoms with van der Waals surface area (Å²) in [6.07, 6.45) is 0. The van der Waals surface area contributed by atoms with E-state index >= 15 is 0 Å². The van der Waals surface area contributed by atoms with Gasteiger partial charge in [-0.3, -0.25) is 0 Å². The maximum absolute atomic E-state index is 7.03. The summed E-state index contributed by atoms with van der Waals surface area (Å²) in [5, 5.41) is 0. The van der Waals surface area contributed by atoms with E-state index in [1.165, 1.54) is 0 Å². The first kappa shape index (κ1) is 16.2. The average molecular weight is 320 g/mol. The molecule has 0 saturated heterocycles. The largest absolute Gasteiger partial charge is 0.377 e. The highest BCUT2D eigenvalue weighted by Crippen LogP contribution is 2.29. The van der Waals surface area contributed by atoms with Crippen LogP contribution in [0, 0.1) is 6.57 Å². The van der Waals surface area contributed by atoms with E-state index in [9.17, 15) is 0 Å². The van der Waals surface area contributed by atoms with Gasteiger partial charge in [-0.2, -0.15) is 0 Å². The third-order valence-electron chi connectivity index (χ3n) is 4.40. The standard InChI is InChI=1S/C19H20N4O/c1-19(2,24-4)17(20)18-22-15-10-7-13(11-16(15)23-18)12-5-8-14(21-3)9-6-12/h5-11,17H,20H2,1-2,4H3,(H,22,23). The molecule has 3 N–H and O–H groups in total. The van der Waals surface area contributed by atoms with Crippen molar-refractivity contribution in [3.8, 4) is 11.1 Å². The first-order valence-corrected chi connectivity index (χ1v) is 7.73. The number of methoxy groups -OCH3 is 1. The predicted octanol–water partition coefficient (Wildman–Crippen LogP) is 4.21. The summed E-state index contributed by atoms with van der Waals surface area (Å²) in [6, 6.07) is 13.2. The van der Waals surface area contributed by atoms with Crippen LogP contribution in [-0.4, -0.2) is 22.7 Å². The van der Waals surface area contributed by atoms with Crippen molar-refractivity contribution >= 4 is 16.7 Å². The number of ether oxygens (including phenoxy) is 1. The number of rotatable bonds is 4. The lowest BCUT2D eigenvalue weighted by molar-refractivity contribution is -0.00194. The maximum atomic E-state index is 7.03. The fourth-order valence-corrected chi connectivity index (χ4v) is 2.54. The molecule has 3 aromatic rings. The van der Waals surface area contributed by atoms with Crippen LogP contribution in [0.15, 0.2) is 42.5 Å². The molecule has 0 aliphatic rings. The number of H-pyrrole nitrogens is 1. The van der Waals surface area contributed by atoms with E-state index in [1.807, 2.05) is 56.3 Å². The second-order valence-corrected chi connectivity index (χ2v) is 6.30. The SMILES string of the molecule is [C-]#[N+]c1ccc(-c2ccc3nc(C(N)C(C)(C)OC)[nH]c3c2)cc1. The van der Waals surface area contributed by atoms with E-state index in [-0.39, 0.29) is 6.04 Å². The zero-order chi connectivity index (χ0) is 17.3. The van der Waals surface area contributed by atoms with Crippen molar-refractivity contribution in [2.45, 2.75) is 25.5 Å². The molecule has 5 heteroatoms. The molecule has 0 bridgehead atoms. The lowest BCUT2D eigenvalue weighted by Gasteiger charge is -2.28. The number of fused-ring (bicyclic) bond motifs is 1. The number of hydrogen-bond donors (Lipinski definition) is 2. The molecule has 0 aliphatic heterocycles. The fourth-order valence-electron chi connectivity index (χ4n) is 2.54. The van der Waals surface area contributed by atoms with Gasteiger partial charge >= 0.3 is 0 Å². The van der Waals surface area contributed by atoms with Crippen LogP contribution in [0.3, 0.4) is 0 Å². The molecule has 0 radical (unpaired) electrons. The van der Waals surface area contributed by atoms with Gasteiger partial charge in [0.1, 0.15) is 5.82 Å². The van der Waals surface area contributed by atoms with E-state index in [0.717, 1.165) is 22.2 Å². The van der Waals surface area contributed by atoms with Crippen molar-refractivity contribution in [2.24, 2.45) is 5.73 Å². The summed E-state index contributed by atoms with van der Waals surface area (Å²) in [5.41, 5.74) is 10.3. The van der Waals surface area contributed by atoms with Gasteiger partial charge in [0.15, 0.2) is 5.69 Å². The Morgan fingerprint density at radius 2 is 1.83 bits per heavy atom. The van der Waals surface area contributed by atoms with Gasteiger partial charge in [0.05, 0.1) is 29.2 Å². The van der Waals surface area contributed by atoms with Gasteiger partial charge < -0.3 is 15.5 Å². The van der Waals surface area contributed by atoms with Crippen molar-refractivity contribution in [3.63, 3.8) is 0 Å². The van der Waals surface area contributed by atoms with E-state index in [4.69, 9.17) is 17.0 Å². The highest BCUT2D eigenvalue weighted by Gasteiger charge is 2.29. The summed E-state index contributed by atoms with van der Waals surface area (Å²) in [5.74, 6) is 0.706. The molecule has 0 fully saturated rings. The van der Waals surface area contributed by atoms with Crippen molar-refractivity contribution in [1.82, 2.24) is 9.97 Å². The summed E-state index contributed by atoms with van der Waals surface area (Å²) >= 11 is 0.